The number of aryl methyl sites for hydroxylation is 1. The average Bonchev–Trinajstić information content (AvgIpc) is 2.14. The van der Waals surface area contributed by atoms with Crippen molar-refractivity contribution in [3.05, 3.63) is 35.4 Å². The van der Waals surface area contributed by atoms with E-state index in [1.165, 1.54) is 0 Å². The standard InChI is InChI=1S/C12H17NOSi/c1-10-7-5-6-8-11(10)12(9-13)14-15(2,3)4/h5-8,12H,1-4H3/t12-/m0/s1. The second-order valence-corrected chi connectivity index (χ2v) is 9.06. The van der Waals surface area contributed by atoms with Gasteiger partial charge >= 0.3 is 0 Å². The SMILES string of the molecule is Cc1ccccc1[C@H](C#N)O[Si](C)(C)C. The molecule has 1 aromatic rings. The third kappa shape index (κ3) is 3.50. The first-order chi connectivity index (χ1) is 6.94. The van der Waals surface area contributed by atoms with E-state index in [4.69, 9.17) is 9.69 Å². The lowest BCUT2D eigenvalue weighted by molar-refractivity contribution is 0.254. The minimum atomic E-state index is -1.67. The van der Waals surface area contributed by atoms with Gasteiger partial charge in [0.1, 0.15) is 0 Å². The van der Waals surface area contributed by atoms with E-state index in [0.29, 0.717) is 0 Å². The van der Waals surface area contributed by atoms with Gasteiger partial charge in [0, 0.05) is 0 Å². The van der Waals surface area contributed by atoms with Crippen molar-refractivity contribution in [2.45, 2.75) is 32.7 Å². The Labute approximate surface area is 92.6 Å². The minimum Gasteiger partial charge on any atom is -0.399 e. The first-order valence-corrected chi connectivity index (χ1v) is 8.48. The molecular formula is C12H17NOSi. The Morgan fingerprint density at radius 3 is 2.33 bits per heavy atom. The molecule has 0 amide bonds. The molecule has 3 heteroatoms. The van der Waals surface area contributed by atoms with Crippen molar-refractivity contribution in [3.8, 4) is 6.07 Å². The summed E-state index contributed by atoms with van der Waals surface area (Å²) in [5.74, 6) is 0. The van der Waals surface area contributed by atoms with Gasteiger partial charge < -0.3 is 4.43 Å². The molecule has 0 N–H and O–H groups in total. The lowest BCUT2D eigenvalue weighted by atomic mass is 10.0. The Bertz CT molecular complexity index is 376. The van der Waals surface area contributed by atoms with Crippen LogP contribution < -0.4 is 0 Å². The van der Waals surface area contributed by atoms with Gasteiger partial charge in [-0.1, -0.05) is 24.3 Å². The Morgan fingerprint density at radius 1 is 1.27 bits per heavy atom. The molecule has 0 aliphatic heterocycles. The summed E-state index contributed by atoms with van der Waals surface area (Å²) in [5.41, 5.74) is 2.10. The van der Waals surface area contributed by atoms with Gasteiger partial charge in [0.15, 0.2) is 14.4 Å². The van der Waals surface area contributed by atoms with Crippen molar-refractivity contribution in [2.75, 3.05) is 0 Å². The van der Waals surface area contributed by atoms with Crippen LogP contribution in [-0.2, 0) is 4.43 Å². The molecule has 0 bridgehead atoms. The maximum atomic E-state index is 9.11. The Balaban J connectivity index is 2.95. The van der Waals surface area contributed by atoms with Crippen LogP contribution in [0.5, 0.6) is 0 Å². The monoisotopic (exact) mass is 219 g/mol. The van der Waals surface area contributed by atoms with Crippen LogP contribution in [0.4, 0.5) is 0 Å². The van der Waals surface area contributed by atoms with Gasteiger partial charge in [0.05, 0.1) is 6.07 Å². The molecule has 1 atom stereocenters. The highest BCUT2D eigenvalue weighted by Crippen LogP contribution is 2.23. The first-order valence-electron chi connectivity index (χ1n) is 5.07. The van der Waals surface area contributed by atoms with Crippen LogP contribution in [0.3, 0.4) is 0 Å². The van der Waals surface area contributed by atoms with E-state index in [9.17, 15) is 0 Å². The smallest absolute Gasteiger partial charge is 0.186 e. The predicted octanol–water partition coefficient (Wildman–Crippen LogP) is 3.41. The quantitative estimate of drug-likeness (QED) is 0.730. The number of nitriles is 1. The minimum absolute atomic E-state index is 0.419. The summed E-state index contributed by atoms with van der Waals surface area (Å²) >= 11 is 0. The van der Waals surface area contributed by atoms with Gasteiger partial charge in [-0.2, -0.15) is 5.26 Å². The summed E-state index contributed by atoms with van der Waals surface area (Å²) in [4.78, 5) is 0. The fourth-order valence-corrected chi connectivity index (χ4v) is 2.28. The molecule has 0 saturated carbocycles. The Morgan fingerprint density at radius 2 is 1.87 bits per heavy atom. The molecule has 0 unspecified atom stereocenters. The van der Waals surface area contributed by atoms with Crippen LogP contribution in [0, 0.1) is 18.3 Å². The Hall–Kier alpha value is -1.11. The zero-order valence-electron chi connectivity index (χ0n) is 9.74. The molecule has 80 valence electrons. The first kappa shape index (κ1) is 12.0. The van der Waals surface area contributed by atoms with Crippen molar-refractivity contribution >= 4 is 8.32 Å². The van der Waals surface area contributed by atoms with E-state index >= 15 is 0 Å². The van der Waals surface area contributed by atoms with Gasteiger partial charge in [0.25, 0.3) is 0 Å². The van der Waals surface area contributed by atoms with E-state index in [-0.39, 0.29) is 0 Å². The Kier molecular flexibility index (Phi) is 3.67. The molecule has 0 heterocycles. The summed E-state index contributed by atoms with van der Waals surface area (Å²) in [6.45, 7) is 8.29. The highest BCUT2D eigenvalue weighted by Gasteiger charge is 2.22. The zero-order chi connectivity index (χ0) is 11.5. The largest absolute Gasteiger partial charge is 0.399 e. The normalized spacial score (nSPS) is 13.3. The van der Waals surface area contributed by atoms with Crippen molar-refractivity contribution in [2.24, 2.45) is 0 Å². The van der Waals surface area contributed by atoms with Gasteiger partial charge in [-0.05, 0) is 37.7 Å². The molecule has 1 rings (SSSR count). The molecule has 0 aliphatic rings. The number of hydrogen-bond acceptors (Lipinski definition) is 2. The summed E-state index contributed by atoms with van der Waals surface area (Å²) in [5, 5.41) is 9.11. The maximum absolute atomic E-state index is 9.11. The second kappa shape index (κ2) is 4.60. The topological polar surface area (TPSA) is 33.0 Å². The average molecular weight is 219 g/mol. The lowest BCUT2D eigenvalue weighted by Crippen LogP contribution is -2.27. The molecule has 0 aromatic heterocycles. The van der Waals surface area contributed by atoms with E-state index in [0.717, 1.165) is 11.1 Å². The van der Waals surface area contributed by atoms with Crippen LogP contribution in [0.2, 0.25) is 19.6 Å². The zero-order valence-corrected chi connectivity index (χ0v) is 10.7. The van der Waals surface area contributed by atoms with Gasteiger partial charge in [-0.15, -0.1) is 0 Å². The molecule has 0 spiro atoms. The summed E-state index contributed by atoms with van der Waals surface area (Å²) in [6, 6.07) is 10.1. The third-order valence-corrected chi connectivity index (χ3v) is 3.00. The van der Waals surface area contributed by atoms with Crippen molar-refractivity contribution in [1.82, 2.24) is 0 Å². The van der Waals surface area contributed by atoms with Gasteiger partial charge in [-0.3, -0.25) is 0 Å². The molecule has 0 fully saturated rings. The maximum Gasteiger partial charge on any atom is 0.186 e. The van der Waals surface area contributed by atoms with Crippen molar-refractivity contribution in [3.63, 3.8) is 0 Å². The number of hydrogen-bond donors (Lipinski definition) is 0. The highest BCUT2D eigenvalue weighted by atomic mass is 28.4. The molecule has 0 saturated heterocycles. The van der Waals surface area contributed by atoms with Crippen LogP contribution in [0.15, 0.2) is 24.3 Å². The summed E-state index contributed by atoms with van der Waals surface area (Å²) < 4.78 is 5.83. The van der Waals surface area contributed by atoms with Crippen LogP contribution >= 0.6 is 0 Å². The fourth-order valence-electron chi connectivity index (χ4n) is 1.39. The van der Waals surface area contributed by atoms with Crippen LogP contribution in [-0.4, -0.2) is 8.32 Å². The van der Waals surface area contributed by atoms with Gasteiger partial charge in [-0.25, -0.2) is 0 Å². The summed E-state index contributed by atoms with van der Waals surface area (Å²) in [6.07, 6.45) is -0.419. The number of rotatable bonds is 3. The molecule has 1 aromatic carbocycles. The van der Waals surface area contributed by atoms with Crippen LogP contribution in [0.1, 0.15) is 17.2 Å². The van der Waals surface area contributed by atoms with Crippen LogP contribution in [0.25, 0.3) is 0 Å². The van der Waals surface area contributed by atoms with Crippen molar-refractivity contribution < 1.29 is 4.43 Å². The fraction of sp³-hybridized carbons (Fsp3) is 0.417. The third-order valence-electron chi connectivity index (χ3n) is 2.06. The van der Waals surface area contributed by atoms with E-state index < -0.39 is 14.4 Å². The molecule has 0 radical (unpaired) electrons. The molecule has 2 nitrogen and oxygen atoms in total. The number of benzene rings is 1. The molecule has 15 heavy (non-hydrogen) atoms. The van der Waals surface area contributed by atoms with E-state index in [1.807, 2.05) is 31.2 Å². The highest BCUT2D eigenvalue weighted by molar-refractivity contribution is 6.69. The van der Waals surface area contributed by atoms with Gasteiger partial charge in [0.2, 0.25) is 0 Å². The predicted molar refractivity (Wildman–Crippen MR) is 64.0 cm³/mol. The lowest BCUT2D eigenvalue weighted by Gasteiger charge is -2.22. The number of nitrogens with zero attached hydrogens (tertiary/aromatic N) is 1. The van der Waals surface area contributed by atoms with E-state index in [2.05, 4.69) is 25.7 Å². The molecular weight excluding hydrogens is 202 g/mol. The van der Waals surface area contributed by atoms with Crippen molar-refractivity contribution in [1.29, 1.82) is 5.26 Å². The van der Waals surface area contributed by atoms with E-state index in [1.54, 1.807) is 0 Å². The summed E-state index contributed by atoms with van der Waals surface area (Å²) in [7, 11) is -1.67. The second-order valence-electron chi connectivity index (χ2n) is 4.60. The molecule has 0 aliphatic carbocycles.